The summed E-state index contributed by atoms with van der Waals surface area (Å²) in [7, 11) is 0. The number of hydrogen-bond acceptors (Lipinski definition) is 2. The zero-order valence-corrected chi connectivity index (χ0v) is 8.81. The van der Waals surface area contributed by atoms with E-state index in [0.29, 0.717) is 4.99 Å². The van der Waals surface area contributed by atoms with Gasteiger partial charge in [0.25, 0.3) is 0 Å². The van der Waals surface area contributed by atoms with Gasteiger partial charge in [-0.25, -0.2) is 0 Å². The van der Waals surface area contributed by atoms with Gasteiger partial charge in [0.2, 0.25) is 0 Å². The van der Waals surface area contributed by atoms with E-state index in [1.165, 1.54) is 0 Å². The molecule has 0 bridgehead atoms. The molecule has 3 heteroatoms. The van der Waals surface area contributed by atoms with Crippen LogP contribution in [0.1, 0.15) is 11.1 Å². The second kappa shape index (κ2) is 5.04. The van der Waals surface area contributed by atoms with Crippen molar-refractivity contribution < 1.29 is 0 Å². The van der Waals surface area contributed by atoms with Gasteiger partial charge in [-0.2, -0.15) is 12.6 Å². The Labute approximate surface area is 89.1 Å². The van der Waals surface area contributed by atoms with Crippen LogP contribution in [0, 0.1) is 0 Å². The smallest absolute Gasteiger partial charge is 0.104 e. The van der Waals surface area contributed by atoms with E-state index in [2.05, 4.69) is 12.6 Å². The first-order valence-electron chi connectivity index (χ1n) is 3.91. The van der Waals surface area contributed by atoms with Crippen LogP contribution in [0.2, 0.25) is 0 Å². The molecule has 0 fully saturated rings. The van der Waals surface area contributed by atoms with Crippen molar-refractivity contribution in [2.45, 2.75) is 0 Å². The third kappa shape index (κ3) is 3.20. The van der Waals surface area contributed by atoms with Crippen LogP contribution in [-0.2, 0) is 0 Å². The van der Waals surface area contributed by atoms with Gasteiger partial charge in [-0.3, -0.25) is 0 Å². The van der Waals surface area contributed by atoms with Crippen LogP contribution in [0.5, 0.6) is 0 Å². The first-order valence-corrected chi connectivity index (χ1v) is 4.95. The van der Waals surface area contributed by atoms with Crippen LogP contribution in [-0.4, -0.2) is 10.7 Å². The van der Waals surface area contributed by atoms with E-state index in [1.807, 2.05) is 36.4 Å². The predicted molar refractivity (Wildman–Crippen MR) is 65.2 cm³/mol. The van der Waals surface area contributed by atoms with Crippen LogP contribution in [0.3, 0.4) is 0 Å². The van der Waals surface area contributed by atoms with E-state index >= 15 is 0 Å². The molecule has 0 radical (unpaired) electrons. The van der Waals surface area contributed by atoms with Gasteiger partial charge in [-0.05, 0) is 11.6 Å². The van der Waals surface area contributed by atoms with E-state index in [1.54, 1.807) is 0 Å². The summed E-state index contributed by atoms with van der Waals surface area (Å²) in [6.07, 6.45) is 3.97. The molecule has 0 spiro atoms. The normalized spacial score (nSPS) is 10.5. The van der Waals surface area contributed by atoms with Gasteiger partial charge in [-0.1, -0.05) is 42.6 Å². The minimum Gasteiger partial charge on any atom is -0.389 e. The zero-order chi connectivity index (χ0) is 9.68. The van der Waals surface area contributed by atoms with E-state index in [4.69, 9.17) is 18.0 Å². The lowest BCUT2D eigenvalue weighted by atomic mass is 10.1. The molecule has 1 aromatic rings. The lowest BCUT2D eigenvalue weighted by molar-refractivity contribution is 1.59. The predicted octanol–water partition coefficient (Wildman–Crippen LogP) is 2.26. The molecule has 13 heavy (non-hydrogen) atoms. The number of benzene rings is 1. The first kappa shape index (κ1) is 10.3. The number of nitrogens with two attached hydrogens (primary N) is 1. The molecule has 0 aliphatic carbocycles. The Balaban J connectivity index is 2.92. The van der Waals surface area contributed by atoms with E-state index in [9.17, 15) is 0 Å². The van der Waals surface area contributed by atoms with Gasteiger partial charge in [0.1, 0.15) is 4.99 Å². The molecule has 0 saturated heterocycles. The Bertz CT molecular complexity index is 331. The summed E-state index contributed by atoms with van der Waals surface area (Å²) in [6.45, 7) is 0. The Kier molecular flexibility index (Phi) is 3.99. The van der Waals surface area contributed by atoms with Crippen LogP contribution in [0.25, 0.3) is 6.08 Å². The highest BCUT2D eigenvalue weighted by atomic mass is 32.1. The second-order valence-corrected chi connectivity index (χ2v) is 3.38. The van der Waals surface area contributed by atoms with Crippen molar-refractivity contribution in [3.05, 3.63) is 41.5 Å². The van der Waals surface area contributed by atoms with Gasteiger partial charge in [0, 0.05) is 11.3 Å². The van der Waals surface area contributed by atoms with Crippen molar-refractivity contribution in [1.82, 2.24) is 0 Å². The van der Waals surface area contributed by atoms with E-state index in [0.717, 1.165) is 16.9 Å². The van der Waals surface area contributed by atoms with E-state index < -0.39 is 0 Å². The minimum atomic E-state index is 0.432. The molecule has 0 amide bonds. The maximum absolute atomic E-state index is 5.50. The standard InChI is InChI=1S/C10H11NS2/c11-10(13)9-5-1-3-8(7-9)4-2-6-12/h1-5,7,12H,6H2,(H2,11,13). The molecule has 0 aromatic heterocycles. The zero-order valence-electron chi connectivity index (χ0n) is 7.10. The highest BCUT2D eigenvalue weighted by Gasteiger charge is 1.94. The molecule has 0 atom stereocenters. The largest absolute Gasteiger partial charge is 0.389 e. The maximum Gasteiger partial charge on any atom is 0.104 e. The fraction of sp³-hybridized carbons (Fsp3) is 0.100. The Morgan fingerprint density at radius 3 is 2.92 bits per heavy atom. The number of thiocarbonyl (C=S) groups is 1. The van der Waals surface area contributed by atoms with Crippen LogP contribution < -0.4 is 5.73 Å². The highest BCUT2D eigenvalue weighted by Crippen LogP contribution is 2.07. The molecule has 2 N–H and O–H groups in total. The number of hydrogen-bond donors (Lipinski definition) is 2. The summed E-state index contributed by atoms with van der Waals surface area (Å²) in [5.41, 5.74) is 7.50. The molecule has 0 unspecified atom stereocenters. The summed E-state index contributed by atoms with van der Waals surface area (Å²) in [4.78, 5) is 0.432. The Hall–Kier alpha value is -0.800. The van der Waals surface area contributed by atoms with Gasteiger partial charge < -0.3 is 5.73 Å². The molecule has 0 aliphatic rings. The maximum atomic E-state index is 5.50. The van der Waals surface area contributed by atoms with Gasteiger partial charge in [0.15, 0.2) is 0 Å². The molecule has 68 valence electrons. The lowest BCUT2D eigenvalue weighted by Crippen LogP contribution is -2.08. The third-order valence-corrected chi connectivity index (χ3v) is 2.03. The summed E-state index contributed by atoms with van der Waals surface area (Å²) >= 11 is 8.95. The Morgan fingerprint density at radius 2 is 2.31 bits per heavy atom. The second-order valence-electron chi connectivity index (χ2n) is 2.57. The van der Waals surface area contributed by atoms with Crippen molar-refractivity contribution in [2.75, 3.05) is 5.75 Å². The molecule has 0 saturated carbocycles. The van der Waals surface area contributed by atoms with Crippen molar-refractivity contribution >= 4 is 35.9 Å². The molecular weight excluding hydrogens is 198 g/mol. The van der Waals surface area contributed by atoms with Crippen LogP contribution in [0.4, 0.5) is 0 Å². The van der Waals surface area contributed by atoms with Crippen molar-refractivity contribution in [1.29, 1.82) is 0 Å². The fourth-order valence-electron chi connectivity index (χ4n) is 0.984. The molecule has 1 aromatic carbocycles. The molecule has 0 heterocycles. The summed E-state index contributed by atoms with van der Waals surface area (Å²) in [6, 6.07) is 7.80. The third-order valence-electron chi connectivity index (χ3n) is 1.59. The quantitative estimate of drug-likeness (QED) is 0.590. The van der Waals surface area contributed by atoms with Crippen molar-refractivity contribution in [3.8, 4) is 0 Å². The van der Waals surface area contributed by atoms with Gasteiger partial charge in [0.05, 0.1) is 0 Å². The average molecular weight is 209 g/mol. The van der Waals surface area contributed by atoms with Crippen LogP contribution >= 0.6 is 24.8 Å². The Morgan fingerprint density at radius 1 is 1.54 bits per heavy atom. The first-order chi connectivity index (χ1) is 6.24. The fourth-order valence-corrected chi connectivity index (χ4v) is 1.22. The molecular formula is C10H11NS2. The molecule has 1 rings (SSSR count). The SMILES string of the molecule is NC(=S)c1cccc(C=CCS)c1. The monoisotopic (exact) mass is 209 g/mol. The number of thiol groups is 1. The molecule has 1 nitrogen and oxygen atoms in total. The topological polar surface area (TPSA) is 26.0 Å². The van der Waals surface area contributed by atoms with Gasteiger partial charge in [-0.15, -0.1) is 0 Å². The summed E-state index contributed by atoms with van der Waals surface area (Å²) < 4.78 is 0. The number of rotatable bonds is 3. The van der Waals surface area contributed by atoms with Crippen LogP contribution in [0.15, 0.2) is 30.3 Å². The summed E-state index contributed by atoms with van der Waals surface area (Å²) in [5, 5.41) is 0. The van der Waals surface area contributed by atoms with E-state index in [-0.39, 0.29) is 0 Å². The molecule has 0 aliphatic heterocycles. The van der Waals surface area contributed by atoms with Crippen molar-refractivity contribution in [3.63, 3.8) is 0 Å². The van der Waals surface area contributed by atoms with Gasteiger partial charge >= 0.3 is 0 Å². The average Bonchev–Trinajstić information content (AvgIpc) is 2.15. The highest BCUT2D eigenvalue weighted by molar-refractivity contribution is 7.80. The summed E-state index contributed by atoms with van der Waals surface area (Å²) in [5.74, 6) is 0.733. The minimum absolute atomic E-state index is 0.432. The lowest BCUT2D eigenvalue weighted by Gasteiger charge is -1.98. The van der Waals surface area contributed by atoms with Crippen molar-refractivity contribution in [2.24, 2.45) is 5.73 Å².